The van der Waals surface area contributed by atoms with Crippen LogP contribution in [0.3, 0.4) is 0 Å². The fraction of sp³-hybridized carbons (Fsp3) is 0.333. The Balaban J connectivity index is 1.23. The second kappa shape index (κ2) is 8.31. The maximum Gasteiger partial charge on any atom is 0.420 e. The van der Waals surface area contributed by atoms with Gasteiger partial charge in [-0.1, -0.05) is 30.3 Å². The Labute approximate surface area is 163 Å². The first-order valence-corrected chi connectivity index (χ1v) is 9.69. The van der Waals surface area contributed by atoms with Crippen LogP contribution in [0.5, 0.6) is 0 Å². The van der Waals surface area contributed by atoms with E-state index in [1.165, 1.54) is 15.2 Å². The molecule has 1 amide bonds. The van der Waals surface area contributed by atoms with Crippen LogP contribution in [0.2, 0.25) is 0 Å². The van der Waals surface area contributed by atoms with Crippen molar-refractivity contribution in [1.29, 1.82) is 0 Å². The zero-order chi connectivity index (χ0) is 19.3. The van der Waals surface area contributed by atoms with Crippen molar-refractivity contribution in [2.45, 2.75) is 6.54 Å². The SMILES string of the molecule is O=C(Cn1c(=O)oc2ccccc21)NCC[NH+]1CCN(c2ccccc2)CC1. The highest BCUT2D eigenvalue weighted by Crippen LogP contribution is 2.12. The third kappa shape index (κ3) is 4.09. The minimum Gasteiger partial charge on any atom is -0.408 e. The Morgan fingerprint density at radius 3 is 2.54 bits per heavy atom. The summed E-state index contributed by atoms with van der Waals surface area (Å²) < 4.78 is 6.54. The lowest BCUT2D eigenvalue weighted by atomic mass is 10.2. The van der Waals surface area contributed by atoms with Gasteiger partial charge >= 0.3 is 5.76 Å². The van der Waals surface area contributed by atoms with Crippen LogP contribution < -0.4 is 20.9 Å². The number of rotatable bonds is 6. The smallest absolute Gasteiger partial charge is 0.408 e. The lowest BCUT2D eigenvalue weighted by Gasteiger charge is -2.33. The summed E-state index contributed by atoms with van der Waals surface area (Å²) >= 11 is 0. The molecule has 0 aliphatic carbocycles. The fourth-order valence-corrected chi connectivity index (χ4v) is 3.71. The number of para-hydroxylation sites is 3. The lowest BCUT2D eigenvalue weighted by Crippen LogP contribution is -3.15. The van der Waals surface area contributed by atoms with Crippen molar-refractivity contribution >= 4 is 22.7 Å². The number of benzene rings is 2. The number of nitrogens with zero attached hydrogens (tertiary/aromatic N) is 2. The number of carbonyl (C=O) groups excluding carboxylic acids is 1. The highest BCUT2D eigenvalue weighted by molar-refractivity contribution is 5.79. The van der Waals surface area contributed by atoms with Gasteiger partial charge in [0.1, 0.15) is 6.54 Å². The molecule has 0 radical (unpaired) electrons. The first-order valence-electron chi connectivity index (χ1n) is 9.69. The van der Waals surface area contributed by atoms with Crippen LogP contribution in [0, 0.1) is 0 Å². The molecule has 7 heteroatoms. The van der Waals surface area contributed by atoms with Crippen LogP contribution in [0.1, 0.15) is 0 Å². The molecule has 2 heterocycles. The van der Waals surface area contributed by atoms with Crippen molar-refractivity contribution in [2.75, 3.05) is 44.2 Å². The number of amides is 1. The predicted molar refractivity (Wildman–Crippen MR) is 108 cm³/mol. The number of fused-ring (bicyclic) bond motifs is 1. The van der Waals surface area contributed by atoms with Crippen LogP contribution in [-0.4, -0.2) is 49.7 Å². The number of hydrogen-bond donors (Lipinski definition) is 2. The Hall–Kier alpha value is -3.06. The van der Waals surface area contributed by atoms with E-state index >= 15 is 0 Å². The average molecular weight is 381 g/mol. The van der Waals surface area contributed by atoms with Gasteiger partial charge in [0.2, 0.25) is 5.91 Å². The van der Waals surface area contributed by atoms with E-state index in [9.17, 15) is 9.59 Å². The Bertz CT molecular complexity index is 988. The van der Waals surface area contributed by atoms with Crippen molar-refractivity contribution in [3.05, 3.63) is 65.1 Å². The van der Waals surface area contributed by atoms with Gasteiger partial charge in [0.25, 0.3) is 0 Å². The van der Waals surface area contributed by atoms with E-state index in [1.54, 1.807) is 18.2 Å². The van der Waals surface area contributed by atoms with E-state index in [1.807, 2.05) is 12.1 Å². The maximum atomic E-state index is 12.3. The zero-order valence-electron chi connectivity index (χ0n) is 15.8. The highest BCUT2D eigenvalue weighted by atomic mass is 16.4. The van der Waals surface area contributed by atoms with Gasteiger partial charge in [-0.05, 0) is 24.3 Å². The van der Waals surface area contributed by atoms with E-state index in [0.29, 0.717) is 17.6 Å². The van der Waals surface area contributed by atoms with Gasteiger partial charge in [-0.15, -0.1) is 0 Å². The van der Waals surface area contributed by atoms with Gasteiger partial charge in [-0.3, -0.25) is 9.36 Å². The van der Waals surface area contributed by atoms with Crippen LogP contribution in [-0.2, 0) is 11.3 Å². The minimum absolute atomic E-state index is 0.0209. The second-order valence-electron chi connectivity index (χ2n) is 7.09. The van der Waals surface area contributed by atoms with Crippen LogP contribution in [0.25, 0.3) is 11.1 Å². The Morgan fingerprint density at radius 2 is 1.75 bits per heavy atom. The molecule has 0 atom stereocenters. The fourth-order valence-electron chi connectivity index (χ4n) is 3.71. The van der Waals surface area contributed by atoms with E-state index in [2.05, 4.69) is 34.5 Å². The first kappa shape index (κ1) is 18.3. The molecule has 1 fully saturated rings. The van der Waals surface area contributed by atoms with Gasteiger partial charge in [0.15, 0.2) is 5.58 Å². The number of oxazole rings is 1. The molecular weight excluding hydrogens is 356 g/mol. The lowest BCUT2D eigenvalue weighted by molar-refractivity contribution is -0.899. The minimum atomic E-state index is -0.501. The van der Waals surface area contributed by atoms with Crippen LogP contribution in [0.15, 0.2) is 63.8 Å². The van der Waals surface area contributed by atoms with E-state index < -0.39 is 5.76 Å². The van der Waals surface area contributed by atoms with Gasteiger partial charge in [0.05, 0.1) is 44.8 Å². The summed E-state index contributed by atoms with van der Waals surface area (Å²) in [5.41, 5.74) is 2.42. The monoisotopic (exact) mass is 381 g/mol. The molecule has 2 aromatic carbocycles. The van der Waals surface area contributed by atoms with Gasteiger partial charge in [0, 0.05) is 5.69 Å². The normalized spacial score (nSPS) is 15.1. The summed E-state index contributed by atoms with van der Waals surface area (Å²) in [6.07, 6.45) is 0. The van der Waals surface area contributed by atoms with Gasteiger partial charge < -0.3 is 19.5 Å². The van der Waals surface area contributed by atoms with E-state index in [4.69, 9.17) is 4.42 Å². The third-order valence-electron chi connectivity index (χ3n) is 5.27. The van der Waals surface area contributed by atoms with Crippen molar-refractivity contribution in [2.24, 2.45) is 0 Å². The summed E-state index contributed by atoms with van der Waals surface area (Å²) in [7, 11) is 0. The zero-order valence-corrected chi connectivity index (χ0v) is 15.8. The first-order chi connectivity index (χ1) is 13.7. The summed E-state index contributed by atoms with van der Waals surface area (Å²) in [5, 5.41) is 2.93. The molecule has 1 saturated heterocycles. The molecular formula is C21H25N4O3+. The molecule has 0 saturated carbocycles. The largest absolute Gasteiger partial charge is 0.420 e. The number of quaternary nitrogens is 1. The molecule has 0 unspecified atom stereocenters. The van der Waals surface area contributed by atoms with Crippen molar-refractivity contribution in [3.63, 3.8) is 0 Å². The molecule has 7 nitrogen and oxygen atoms in total. The molecule has 3 aromatic rings. The summed E-state index contributed by atoms with van der Waals surface area (Å²) in [6, 6.07) is 17.6. The van der Waals surface area contributed by atoms with Crippen LogP contribution in [0.4, 0.5) is 5.69 Å². The molecule has 1 aromatic heterocycles. The Morgan fingerprint density at radius 1 is 1.04 bits per heavy atom. The number of carbonyl (C=O) groups is 1. The molecule has 4 rings (SSSR count). The number of nitrogens with one attached hydrogen (secondary N) is 2. The van der Waals surface area contributed by atoms with E-state index in [0.717, 1.165) is 32.7 Å². The molecule has 28 heavy (non-hydrogen) atoms. The summed E-state index contributed by atoms with van der Waals surface area (Å²) in [4.78, 5) is 28.1. The number of anilines is 1. The predicted octanol–water partition coefficient (Wildman–Crippen LogP) is 0.116. The standard InChI is InChI=1S/C21H24N4O3/c26-20(16-25-18-8-4-5-9-19(18)28-21(25)27)22-10-11-23-12-14-24(15-13-23)17-6-2-1-3-7-17/h1-9H,10-16H2,(H,22,26)/p+1. The molecule has 2 N–H and O–H groups in total. The maximum absolute atomic E-state index is 12.3. The quantitative estimate of drug-likeness (QED) is 0.636. The second-order valence-corrected chi connectivity index (χ2v) is 7.09. The molecule has 1 aliphatic heterocycles. The third-order valence-corrected chi connectivity index (χ3v) is 5.27. The average Bonchev–Trinajstić information content (AvgIpc) is 3.04. The summed E-state index contributed by atoms with van der Waals surface area (Å²) in [5.74, 6) is -0.671. The highest BCUT2D eigenvalue weighted by Gasteiger charge is 2.20. The van der Waals surface area contributed by atoms with Crippen molar-refractivity contribution in [1.82, 2.24) is 9.88 Å². The molecule has 0 bridgehead atoms. The number of hydrogen-bond acceptors (Lipinski definition) is 4. The summed E-state index contributed by atoms with van der Waals surface area (Å²) in [6.45, 7) is 5.60. The topological polar surface area (TPSA) is 71.9 Å². The number of aromatic nitrogens is 1. The molecule has 0 spiro atoms. The van der Waals surface area contributed by atoms with Gasteiger partial charge in [-0.25, -0.2) is 4.79 Å². The van der Waals surface area contributed by atoms with Crippen molar-refractivity contribution < 1.29 is 14.1 Å². The number of piperazine rings is 1. The van der Waals surface area contributed by atoms with E-state index in [-0.39, 0.29) is 12.5 Å². The Kier molecular flexibility index (Phi) is 5.43. The molecule has 1 aliphatic rings. The van der Waals surface area contributed by atoms with Crippen LogP contribution >= 0.6 is 0 Å². The molecule has 146 valence electrons. The van der Waals surface area contributed by atoms with Gasteiger partial charge in [-0.2, -0.15) is 0 Å². The van der Waals surface area contributed by atoms with Crippen molar-refractivity contribution in [3.8, 4) is 0 Å².